The molecule has 2 heteroatoms. The summed E-state index contributed by atoms with van der Waals surface area (Å²) >= 11 is 0. The van der Waals surface area contributed by atoms with E-state index < -0.39 is 0 Å². The van der Waals surface area contributed by atoms with Gasteiger partial charge in [-0.05, 0) is 117 Å². The molecule has 0 heterocycles. The molecule has 4 aliphatic rings. The van der Waals surface area contributed by atoms with E-state index in [4.69, 9.17) is 5.73 Å². The molecule has 0 bridgehead atoms. The van der Waals surface area contributed by atoms with Crippen LogP contribution < -0.4 is 5.73 Å². The van der Waals surface area contributed by atoms with Gasteiger partial charge in [0.25, 0.3) is 0 Å². The van der Waals surface area contributed by atoms with Crippen molar-refractivity contribution in [3.8, 4) is 0 Å². The molecule has 0 aliphatic heterocycles. The third kappa shape index (κ3) is 4.18. The van der Waals surface area contributed by atoms with Gasteiger partial charge in [0.15, 0.2) is 0 Å². The van der Waals surface area contributed by atoms with Gasteiger partial charge in [-0.2, -0.15) is 0 Å². The molecule has 2 N–H and O–H groups in total. The largest absolute Gasteiger partial charge is 0.330 e. The molecule has 4 rings (SSSR count). The lowest BCUT2D eigenvalue weighted by atomic mass is 9.44. The smallest absolute Gasteiger partial charge is 0.00515 e. The third-order valence-electron chi connectivity index (χ3n) is 11.1. The van der Waals surface area contributed by atoms with Gasteiger partial charge in [-0.15, -0.1) is 12.4 Å². The molecule has 170 valence electrons. The van der Waals surface area contributed by atoms with Gasteiger partial charge in [-0.3, -0.25) is 0 Å². The standard InChI is InChI=1S/C27H49N.ClH/c1-19(18-28)8-7-9-20(2)23-13-14-24-22-12-11-21-10-5-6-16-26(21,3)25(22)15-17-27(23,24)4;/h19-25H,5-18,28H2,1-4H3;1H/t19?,20-,21?,22+,23-,24+,25+,26+,27-;/m1./s1. The summed E-state index contributed by atoms with van der Waals surface area (Å²) in [6.45, 7) is 11.2. The van der Waals surface area contributed by atoms with Crippen LogP contribution in [0.2, 0.25) is 0 Å². The monoisotopic (exact) mass is 423 g/mol. The Morgan fingerprint density at radius 3 is 2.34 bits per heavy atom. The summed E-state index contributed by atoms with van der Waals surface area (Å²) in [6, 6.07) is 0. The SMILES string of the molecule is CC(CN)CCC[C@@H](C)[C@H]1CC[C@H]2[C@@H]3CCC4CCCC[C@]4(C)[C@H]3CC[C@]12C.Cl. The summed E-state index contributed by atoms with van der Waals surface area (Å²) in [5.74, 6) is 6.84. The molecule has 29 heavy (non-hydrogen) atoms. The highest BCUT2D eigenvalue weighted by atomic mass is 35.5. The van der Waals surface area contributed by atoms with Crippen LogP contribution >= 0.6 is 12.4 Å². The average Bonchev–Trinajstić information content (AvgIpc) is 3.04. The van der Waals surface area contributed by atoms with Crippen LogP contribution in [0.3, 0.4) is 0 Å². The quantitative estimate of drug-likeness (QED) is 0.462. The van der Waals surface area contributed by atoms with Crippen molar-refractivity contribution in [2.24, 2.45) is 58.0 Å². The molecule has 9 atom stereocenters. The number of hydrogen-bond acceptors (Lipinski definition) is 1. The lowest BCUT2D eigenvalue weighted by Crippen LogP contribution is -2.53. The second-order valence-corrected chi connectivity index (χ2v) is 12.4. The molecule has 0 amide bonds. The maximum atomic E-state index is 5.84. The first-order valence-corrected chi connectivity index (χ1v) is 13.1. The summed E-state index contributed by atoms with van der Waals surface area (Å²) in [6.07, 6.45) is 19.6. The number of hydrogen-bond donors (Lipinski definition) is 1. The zero-order valence-corrected chi connectivity index (χ0v) is 20.7. The van der Waals surface area contributed by atoms with Crippen LogP contribution in [0.4, 0.5) is 0 Å². The van der Waals surface area contributed by atoms with E-state index in [0.29, 0.717) is 16.7 Å². The van der Waals surface area contributed by atoms with E-state index in [1.165, 1.54) is 44.9 Å². The fourth-order valence-electron chi connectivity index (χ4n) is 9.38. The summed E-state index contributed by atoms with van der Waals surface area (Å²) in [5, 5.41) is 0. The minimum Gasteiger partial charge on any atom is -0.330 e. The molecule has 4 aliphatic carbocycles. The van der Waals surface area contributed by atoms with Gasteiger partial charge in [0, 0.05) is 0 Å². The maximum absolute atomic E-state index is 5.84. The number of fused-ring (bicyclic) bond motifs is 5. The second-order valence-electron chi connectivity index (χ2n) is 12.4. The van der Waals surface area contributed by atoms with Gasteiger partial charge >= 0.3 is 0 Å². The van der Waals surface area contributed by atoms with Crippen molar-refractivity contribution in [2.45, 2.75) is 111 Å². The Hall–Kier alpha value is 0.250. The molecule has 1 nitrogen and oxygen atoms in total. The van der Waals surface area contributed by atoms with Crippen molar-refractivity contribution in [3.05, 3.63) is 0 Å². The lowest BCUT2D eigenvalue weighted by Gasteiger charge is -2.61. The summed E-state index contributed by atoms with van der Waals surface area (Å²) in [5.41, 5.74) is 7.19. The van der Waals surface area contributed by atoms with Crippen molar-refractivity contribution in [2.75, 3.05) is 6.54 Å². The van der Waals surface area contributed by atoms with Crippen LogP contribution in [-0.4, -0.2) is 6.54 Å². The van der Waals surface area contributed by atoms with E-state index in [9.17, 15) is 0 Å². The third-order valence-corrected chi connectivity index (χ3v) is 11.1. The number of nitrogens with two attached hydrogens (primary N) is 1. The molecule has 4 saturated carbocycles. The van der Waals surface area contributed by atoms with E-state index in [1.54, 1.807) is 38.5 Å². The molecular formula is C27H50ClN. The molecule has 0 spiro atoms. The van der Waals surface area contributed by atoms with Crippen LogP contribution in [0.1, 0.15) is 111 Å². The Morgan fingerprint density at radius 1 is 0.828 bits per heavy atom. The Morgan fingerprint density at radius 2 is 1.59 bits per heavy atom. The molecule has 0 radical (unpaired) electrons. The maximum Gasteiger partial charge on any atom is -0.00515 e. The van der Waals surface area contributed by atoms with Crippen LogP contribution in [0.25, 0.3) is 0 Å². The van der Waals surface area contributed by atoms with Crippen molar-refractivity contribution in [3.63, 3.8) is 0 Å². The first-order valence-electron chi connectivity index (χ1n) is 13.1. The van der Waals surface area contributed by atoms with Crippen molar-refractivity contribution >= 4 is 12.4 Å². The highest BCUT2D eigenvalue weighted by molar-refractivity contribution is 5.85. The Bertz CT molecular complexity index is 535. The number of rotatable bonds is 6. The van der Waals surface area contributed by atoms with Gasteiger partial charge in [0.05, 0.1) is 0 Å². The molecule has 0 saturated heterocycles. The fraction of sp³-hybridized carbons (Fsp3) is 1.00. The zero-order valence-electron chi connectivity index (χ0n) is 19.9. The molecule has 0 aromatic carbocycles. The molecular weight excluding hydrogens is 374 g/mol. The summed E-state index contributed by atoms with van der Waals surface area (Å²) < 4.78 is 0. The Kier molecular flexibility index (Phi) is 7.74. The minimum atomic E-state index is 0. The van der Waals surface area contributed by atoms with Gasteiger partial charge in [0.2, 0.25) is 0 Å². The zero-order chi connectivity index (χ0) is 19.9. The van der Waals surface area contributed by atoms with E-state index in [0.717, 1.165) is 42.1 Å². The normalized spacial score (nSPS) is 46.0. The molecule has 0 aromatic heterocycles. The molecule has 4 fully saturated rings. The van der Waals surface area contributed by atoms with Crippen molar-refractivity contribution < 1.29 is 0 Å². The van der Waals surface area contributed by atoms with E-state index in [-0.39, 0.29) is 12.4 Å². The van der Waals surface area contributed by atoms with Crippen LogP contribution in [-0.2, 0) is 0 Å². The Labute approximate surface area is 188 Å². The number of halogens is 1. The van der Waals surface area contributed by atoms with Gasteiger partial charge in [-0.1, -0.05) is 53.4 Å². The lowest BCUT2D eigenvalue weighted by molar-refractivity contribution is -0.114. The average molecular weight is 424 g/mol. The van der Waals surface area contributed by atoms with Crippen LogP contribution in [0.15, 0.2) is 0 Å². The van der Waals surface area contributed by atoms with Crippen LogP contribution in [0, 0.1) is 52.3 Å². The van der Waals surface area contributed by atoms with E-state index in [1.807, 2.05) is 0 Å². The Balaban J connectivity index is 0.00000240. The van der Waals surface area contributed by atoms with Crippen molar-refractivity contribution in [1.29, 1.82) is 0 Å². The minimum absolute atomic E-state index is 0. The van der Waals surface area contributed by atoms with Crippen LogP contribution in [0.5, 0.6) is 0 Å². The first-order chi connectivity index (χ1) is 13.4. The second kappa shape index (κ2) is 9.40. The van der Waals surface area contributed by atoms with E-state index in [2.05, 4.69) is 27.7 Å². The highest BCUT2D eigenvalue weighted by Crippen LogP contribution is 2.68. The summed E-state index contributed by atoms with van der Waals surface area (Å²) in [4.78, 5) is 0. The molecule has 0 aromatic rings. The predicted octanol–water partition coefficient (Wildman–Crippen LogP) is 7.86. The van der Waals surface area contributed by atoms with Gasteiger partial charge in [0.1, 0.15) is 0 Å². The van der Waals surface area contributed by atoms with Gasteiger partial charge < -0.3 is 5.73 Å². The highest BCUT2D eigenvalue weighted by Gasteiger charge is 2.59. The van der Waals surface area contributed by atoms with Crippen molar-refractivity contribution in [1.82, 2.24) is 0 Å². The summed E-state index contributed by atoms with van der Waals surface area (Å²) in [7, 11) is 0. The van der Waals surface area contributed by atoms with Gasteiger partial charge in [-0.25, -0.2) is 0 Å². The molecule has 2 unspecified atom stereocenters. The topological polar surface area (TPSA) is 26.0 Å². The first kappa shape index (κ1) is 23.9. The predicted molar refractivity (Wildman–Crippen MR) is 128 cm³/mol. The van der Waals surface area contributed by atoms with E-state index >= 15 is 0 Å². The fourth-order valence-corrected chi connectivity index (χ4v) is 9.38.